The predicted octanol–water partition coefficient (Wildman–Crippen LogP) is 0.777. The summed E-state index contributed by atoms with van der Waals surface area (Å²) in [4.78, 5) is 4.47. The molecule has 4 heteroatoms. The second-order valence-electron chi connectivity index (χ2n) is 1.14. The fraction of sp³-hybridized carbons (Fsp3) is 0.333. The molecule has 38 valence electrons. The minimum absolute atomic E-state index is 0.579. The van der Waals surface area contributed by atoms with E-state index in [1.165, 1.54) is 6.26 Å². The van der Waals surface area contributed by atoms with Gasteiger partial charge in [-0.3, -0.25) is 0 Å². The lowest BCUT2D eigenvalue weighted by Crippen LogP contribution is -2.04. The topological polar surface area (TPSA) is 38.3 Å². The van der Waals surface area contributed by atoms with Crippen molar-refractivity contribution in [2.45, 2.75) is 0 Å². The summed E-state index contributed by atoms with van der Waals surface area (Å²) in [5, 5.41) is 2.30. The molecule has 1 unspecified atom stereocenters. The first kappa shape index (κ1) is 4.75. The van der Waals surface area contributed by atoms with Crippen molar-refractivity contribution in [2.75, 3.05) is 6.16 Å². The minimum Gasteiger partial charge on any atom is -0.375 e. The van der Waals surface area contributed by atoms with Gasteiger partial charge in [-0.25, -0.2) is 0 Å². The van der Waals surface area contributed by atoms with Gasteiger partial charge in [-0.05, 0) is 4.57 Å². The molecule has 1 N–H and O–H groups in total. The van der Waals surface area contributed by atoms with E-state index in [4.69, 9.17) is 0 Å². The van der Waals surface area contributed by atoms with Crippen LogP contribution >= 0.6 is 7.95 Å². The zero-order valence-corrected chi connectivity index (χ0v) is 4.52. The van der Waals surface area contributed by atoms with E-state index < -0.39 is 7.95 Å². The number of nitrogens with one attached hydrogen (secondary N) is 1. The Hall–Kier alpha value is -0.400. The molecule has 0 bridgehead atoms. The lowest BCUT2D eigenvalue weighted by molar-refractivity contribution is 0.200. The molecular formula is C3H5NO2P+. The van der Waals surface area contributed by atoms with Crippen LogP contribution in [0.1, 0.15) is 0 Å². The fourth-order valence-electron chi connectivity index (χ4n) is 0.313. The second kappa shape index (κ2) is 2.05. The van der Waals surface area contributed by atoms with E-state index in [0.29, 0.717) is 6.16 Å². The highest BCUT2D eigenvalue weighted by Crippen LogP contribution is 2.16. The number of hydrogen-bond donors (Lipinski definition) is 1. The molecule has 7 heavy (non-hydrogen) atoms. The van der Waals surface area contributed by atoms with Crippen molar-refractivity contribution in [2.24, 2.45) is 0 Å². The molecule has 1 atom stereocenters. The molecule has 0 aromatic heterocycles. The highest BCUT2D eigenvalue weighted by Gasteiger charge is 2.14. The lowest BCUT2D eigenvalue weighted by atomic mass is 10.7. The Morgan fingerprint density at radius 3 is 3.00 bits per heavy atom. The van der Waals surface area contributed by atoms with Crippen LogP contribution in [0.3, 0.4) is 0 Å². The zero-order chi connectivity index (χ0) is 5.11. The van der Waals surface area contributed by atoms with Gasteiger partial charge in [0.2, 0.25) is 0 Å². The summed E-state index contributed by atoms with van der Waals surface area (Å²) in [5.74, 6) is 0. The van der Waals surface area contributed by atoms with E-state index in [1.54, 1.807) is 6.08 Å². The third-order valence-electron chi connectivity index (χ3n) is 0.590. The van der Waals surface area contributed by atoms with Crippen LogP contribution in [0.5, 0.6) is 0 Å². The Kier molecular flexibility index (Phi) is 1.39. The Bertz CT molecular complexity index is 112. The predicted molar refractivity (Wildman–Crippen MR) is 25.8 cm³/mol. The summed E-state index contributed by atoms with van der Waals surface area (Å²) in [6, 6.07) is 0. The zero-order valence-electron chi connectivity index (χ0n) is 3.63. The van der Waals surface area contributed by atoms with Gasteiger partial charge in [-0.15, -0.1) is 0 Å². The maximum Gasteiger partial charge on any atom is 0.471 e. The van der Waals surface area contributed by atoms with E-state index >= 15 is 0 Å². The molecular weight excluding hydrogens is 113 g/mol. The third-order valence-corrected chi connectivity index (χ3v) is 1.44. The smallest absolute Gasteiger partial charge is 0.375 e. The molecule has 0 saturated carbocycles. The first-order chi connectivity index (χ1) is 3.39. The van der Waals surface area contributed by atoms with E-state index in [2.05, 4.69) is 10.1 Å². The highest BCUT2D eigenvalue weighted by molar-refractivity contribution is 7.42. The molecule has 1 heterocycles. The maximum atomic E-state index is 10.3. The summed E-state index contributed by atoms with van der Waals surface area (Å²) in [6.07, 6.45) is 3.78. The van der Waals surface area contributed by atoms with Crippen LogP contribution in [0.25, 0.3) is 0 Å². The van der Waals surface area contributed by atoms with Gasteiger partial charge in [0, 0.05) is 6.08 Å². The van der Waals surface area contributed by atoms with Crippen molar-refractivity contribution in [3.05, 3.63) is 12.3 Å². The molecule has 0 fully saturated rings. The number of allylic oxidation sites excluding steroid dienone is 1. The first-order valence-electron chi connectivity index (χ1n) is 1.90. The molecule has 0 radical (unpaired) electrons. The molecule has 0 amide bonds. The maximum absolute atomic E-state index is 10.3. The number of hydrogen-bond acceptors (Lipinski definition) is 2. The normalized spacial score (nSPS) is 24.3. The van der Waals surface area contributed by atoms with Crippen LogP contribution in [-0.4, -0.2) is 6.16 Å². The summed E-state index contributed by atoms with van der Waals surface area (Å²) in [7, 11) is -1.30. The van der Waals surface area contributed by atoms with E-state index in [0.717, 1.165) is 0 Å². The van der Waals surface area contributed by atoms with Gasteiger partial charge in [0.15, 0.2) is 6.16 Å². The largest absolute Gasteiger partial charge is 0.471 e. The lowest BCUT2D eigenvalue weighted by Gasteiger charge is -1.91. The summed E-state index contributed by atoms with van der Waals surface area (Å²) >= 11 is 0. The summed E-state index contributed by atoms with van der Waals surface area (Å²) in [5.41, 5.74) is 0. The van der Waals surface area contributed by atoms with Crippen molar-refractivity contribution in [1.29, 1.82) is 0 Å². The van der Waals surface area contributed by atoms with Gasteiger partial charge in [-0.2, -0.15) is 0 Å². The van der Waals surface area contributed by atoms with Crippen LogP contribution in [0, 0.1) is 0 Å². The van der Waals surface area contributed by atoms with Crippen molar-refractivity contribution in [3.8, 4) is 0 Å². The number of rotatable bonds is 0. The second-order valence-corrected chi connectivity index (χ2v) is 2.45. The van der Waals surface area contributed by atoms with Crippen LogP contribution in [0.4, 0.5) is 0 Å². The van der Waals surface area contributed by atoms with Crippen molar-refractivity contribution in [1.82, 2.24) is 5.25 Å². The average molecular weight is 118 g/mol. The molecule has 0 saturated heterocycles. The fourth-order valence-corrected chi connectivity index (χ4v) is 0.844. The van der Waals surface area contributed by atoms with Gasteiger partial charge in [0.25, 0.3) is 0 Å². The van der Waals surface area contributed by atoms with Crippen molar-refractivity contribution < 1.29 is 9.40 Å². The van der Waals surface area contributed by atoms with E-state index in [1.807, 2.05) is 0 Å². The van der Waals surface area contributed by atoms with Gasteiger partial charge >= 0.3 is 7.95 Å². The van der Waals surface area contributed by atoms with Crippen LogP contribution in [0.2, 0.25) is 0 Å². The van der Waals surface area contributed by atoms with Gasteiger partial charge in [0.05, 0.1) is 5.25 Å². The molecule has 0 aromatic rings. The van der Waals surface area contributed by atoms with Crippen molar-refractivity contribution in [3.63, 3.8) is 0 Å². The van der Waals surface area contributed by atoms with Gasteiger partial charge in [0.1, 0.15) is 6.26 Å². The van der Waals surface area contributed by atoms with Gasteiger partial charge in [-0.1, -0.05) is 0 Å². The average Bonchev–Trinajstić information content (AvgIpc) is 1.69. The molecule has 1 rings (SSSR count). The van der Waals surface area contributed by atoms with Crippen molar-refractivity contribution >= 4 is 7.95 Å². The molecule has 0 spiro atoms. The standard InChI is InChI=1S/C3H5NO2P/c5-7-3-1-2-6-4-7/h1-2H,3H2,(H,4,5)/q+1. The monoisotopic (exact) mass is 118 g/mol. The Morgan fingerprint density at radius 1 is 1.86 bits per heavy atom. The molecule has 1 aliphatic rings. The third kappa shape index (κ3) is 1.26. The molecule has 1 aliphatic heterocycles. The molecule has 3 nitrogen and oxygen atoms in total. The van der Waals surface area contributed by atoms with Crippen LogP contribution in [-0.2, 0) is 9.40 Å². The Morgan fingerprint density at radius 2 is 2.71 bits per heavy atom. The molecule has 0 aliphatic carbocycles. The van der Waals surface area contributed by atoms with Crippen LogP contribution < -0.4 is 5.25 Å². The van der Waals surface area contributed by atoms with Gasteiger partial charge < -0.3 is 4.84 Å². The highest BCUT2D eigenvalue weighted by atomic mass is 31.1. The quantitative estimate of drug-likeness (QED) is 0.477. The first-order valence-corrected chi connectivity index (χ1v) is 3.35. The SMILES string of the molecule is O=[P+]1CC=CON1. The molecule has 0 aromatic carbocycles. The minimum atomic E-state index is -1.30. The van der Waals surface area contributed by atoms with E-state index in [9.17, 15) is 4.57 Å². The summed E-state index contributed by atoms with van der Waals surface area (Å²) < 4.78 is 10.3. The van der Waals surface area contributed by atoms with E-state index in [-0.39, 0.29) is 0 Å². The summed E-state index contributed by atoms with van der Waals surface area (Å²) in [6.45, 7) is 0. The van der Waals surface area contributed by atoms with Crippen LogP contribution in [0.15, 0.2) is 12.3 Å². The Labute approximate surface area is 42.2 Å². The Balaban J connectivity index is 2.47.